The lowest BCUT2D eigenvalue weighted by Gasteiger charge is -2.25. The normalized spacial score (nSPS) is 22.4. The molecule has 2 fully saturated rings. The fourth-order valence-corrected chi connectivity index (χ4v) is 6.82. The third-order valence-electron chi connectivity index (χ3n) is 9.79. The van der Waals surface area contributed by atoms with Crippen LogP contribution < -0.4 is 27.4 Å². The number of benzene rings is 1. The van der Waals surface area contributed by atoms with E-state index in [1.807, 2.05) is 0 Å². The van der Waals surface area contributed by atoms with Crippen molar-refractivity contribution < 1.29 is 43.5 Å². The molecule has 1 aromatic rings. The maximum Gasteiger partial charge on any atom is 0.305 e. The van der Waals surface area contributed by atoms with E-state index in [-0.39, 0.29) is 74.2 Å². The lowest BCUT2D eigenvalue weighted by molar-refractivity contribution is -0.141. The largest absolute Gasteiger partial charge is 0.481 e. The molecule has 2 unspecified atom stereocenters. The molecule has 1 aliphatic heterocycles. The van der Waals surface area contributed by atoms with Gasteiger partial charge in [-0.3, -0.25) is 43.3 Å². The van der Waals surface area contributed by atoms with E-state index in [4.69, 9.17) is 11.5 Å². The second kappa shape index (κ2) is 22.2. The maximum absolute atomic E-state index is 13.9. The summed E-state index contributed by atoms with van der Waals surface area (Å²) in [5, 5.41) is 17.3. The molecule has 53 heavy (non-hydrogen) atoms. The fourth-order valence-electron chi connectivity index (χ4n) is 6.82. The zero-order valence-corrected chi connectivity index (χ0v) is 30.3. The summed E-state index contributed by atoms with van der Waals surface area (Å²) in [7, 11) is 0. The Kier molecular flexibility index (Phi) is 17.8. The van der Waals surface area contributed by atoms with Crippen molar-refractivity contribution >= 4 is 52.8 Å². The molecule has 15 nitrogen and oxygen atoms in total. The summed E-state index contributed by atoms with van der Waals surface area (Å²) < 4.78 is 0. The highest BCUT2D eigenvalue weighted by atomic mass is 16.4. The highest BCUT2D eigenvalue weighted by molar-refractivity contribution is 6.08. The molecule has 1 saturated carbocycles. The second-order valence-electron chi connectivity index (χ2n) is 14.0. The molecule has 15 heteroatoms. The molecule has 8 N–H and O–H groups in total. The van der Waals surface area contributed by atoms with Crippen LogP contribution in [0.4, 0.5) is 0 Å². The predicted octanol–water partition coefficient (Wildman–Crippen LogP) is 1.82. The molecule has 2 aliphatic rings. The van der Waals surface area contributed by atoms with Crippen molar-refractivity contribution in [2.45, 2.75) is 127 Å². The van der Waals surface area contributed by atoms with Crippen LogP contribution in [0, 0.1) is 11.8 Å². The Balaban J connectivity index is 1.78. The molecule has 0 bridgehead atoms. The van der Waals surface area contributed by atoms with Gasteiger partial charge in [-0.15, -0.1) is 0 Å². The molecular weight excluding hydrogens is 684 g/mol. The first kappa shape index (κ1) is 42.5. The van der Waals surface area contributed by atoms with Crippen LogP contribution in [0.25, 0.3) is 0 Å². The summed E-state index contributed by atoms with van der Waals surface area (Å²) in [6, 6.07) is 5.13. The van der Waals surface area contributed by atoms with Gasteiger partial charge in [0.25, 0.3) is 0 Å². The number of Topliss-reactive ketones (excluding diaryl/α,β-unsaturated/α-hetero) is 4. The van der Waals surface area contributed by atoms with Gasteiger partial charge in [-0.05, 0) is 31.2 Å². The zero-order valence-electron chi connectivity index (χ0n) is 30.3. The number of amides is 3. The molecule has 1 aromatic carbocycles. The summed E-state index contributed by atoms with van der Waals surface area (Å²) in [4.78, 5) is 107. The molecule has 0 aromatic heterocycles. The number of carbonyl (C=O) groups is 8. The molecular formula is C38H54N6O9. The van der Waals surface area contributed by atoms with Crippen molar-refractivity contribution in [3.8, 4) is 0 Å². The topological polar surface area (TPSA) is 257 Å². The van der Waals surface area contributed by atoms with Crippen LogP contribution in [-0.2, 0) is 44.8 Å². The highest BCUT2D eigenvalue weighted by Crippen LogP contribution is 2.24. The smallest absolute Gasteiger partial charge is 0.305 e. The van der Waals surface area contributed by atoms with Crippen LogP contribution in [0.2, 0.25) is 0 Å². The van der Waals surface area contributed by atoms with Gasteiger partial charge in [0.2, 0.25) is 17.7 Å². The van der Waals surface area contributed by atoms with Crippen LogP contribution in [0.5, 0.6) is 0 Å². The Labute approximate surface area is 309 Å². The average molecular weight is 739 g/mol. The van der Waals surface area contributed by atoms with Gasteiger partial charge < -0.3 is 32.5 Å². The molecule has 0 spiro atoms. The van der Waals surface area contributed by atoms with Crippen LogP contribution in [-0.4, -0.2) is 82.6 Å². The Morgan fingerprint density at radius 2 is 1.25 bits per heavy atom. The standard InChI is InChI=1S/C38H54N6O9/c39-38(40)41-20-10-13-25-22-33(48)27(15-9-4-2-1-3-8-14-26-31(46)16-17-32(26)47)43-36(52)28(21-24-11-6-5-7-12-24)44-37(53)29(23-35(50)51)42-34(49)19-18-30(25)45/h5-7,11-12,25-29H,1-4,8-10,13-23H2,(H,42,49)(H,43,52)(H,44,53)(H,50,51)(H4,39,40,41)/t25-,27?,28?,29-/m1/s1. The van der Waals surface area contributed by atoms with Crippen molar-refractivity contribution in [3.63, 3.8) is 0 Å². The van der Waals surface area contributed by atoms with Gasteiger partial charge in [-0.2, -0.15) is 0 Å². The van der Waals surface area contributed by atoms with E-state index in [9.17, 15) is 43.5 Å². The Bertz CT molecular complexity index is 1480. The predicted molar refractivity (Wildman–Crippen MR) is 195 cm³/mol. The first-order chi connectivity index (χ1) is 25.3. The molecule has 4 atom stereocenters. The van der Waals surface area contributed by atoms with Gasteiger partial charge in [-0.1, -0.05) is 68.9 Å². The molecule has 290 valence electrons. The SMILES string of the molecule is NC(N)=NCCC[C@@H]1CC(=O)C(CCCCCCCCC2C(=O)CCC2=O)NC(=O)C(Cc2ccccc2)NC(=O)[C@@H](CC(=O)O)NC(=O)CCC1=O. The minimum atomic E-state index is -1.52. The number of guanidine groups is 1. The fraction of sp³-hybridized carbons (Fsp3) is 0.605. The van der Waals surface area contributed by atoms with E-state index >= 15 is 0 Å². The van der Waals surface area contributed by atoms with Gasteiger partial charge in [0.1, 0.15) is 29.4 Å². The molecule has 3 rings (SSSR count). The lowest BCUT2D eigenvalue weighted by Crippen LogP contribution is -2.56. The number of nitrogens with zero attached hydrogens (tertiary/aromatic N) is 1. The van der Waals surface area contributed by atoms with Gasteiger partial charge in [0, 0.05) is 51.0 Å². The van der Waals surface area contributed by atoms with Gasteiger partial charge in [0.15, 0.2) is 11.7 Å². The Hall–Kier alpha value is -4.95. The summed E-state index contributed by atoms with van der Waals surface area (Å²) >= 11 is 0. The highest BCUT2D eigenvalue weighted by Gasteiger charge is 2.34. The summed E-state index contributed by atoms with van der Waals surface area (Å²) in [5.74, 6) is -5.64. The van der Waals surface area contributed by atoms with Crippen LogP contribution in [0.15, 0.2) is 35.3 Å². The molecule has 0 radical (unpaired) electrons. The number of rotatable bonds is 17. The molecule has 3 amide bonds. The number of unbranched alkanes of at least 4 members (excludes halogenated alkanes) is 5. The van der Waals surface area contributed by atoms with Crippen LogP contribution >= 0.6 is 0 Å². The number of nitrogens with one attached hydrogen (secondary N) is 3. The third-order valence-corrected chi connectivity index (χ3v) is 9.79. The summed E-state index contributed by atoms with van der Waals surface area (Å²) in [6.45, 7) is 0.222. The monoisotopic (exact) mass is 738 g/mol. The first-order valence-corrected chi connectivity index (χ1v) is 18.7. The van der Waals surface area contributed by atoms with E-state index in [1.165, 1.54) is 0 Å². The van der Waals surface area contributed by atoms with Crippen molar-refractivity contribution in [3.05, 3.63) is 35.9 Å². The van der Waals surface area contributed by atoms with E-state index in [1.54, 1.807) is 30.3 Å². The third kappa shape index (κ3) is 15.3. The molecule has 1 aliphatic carbocycles. The van der Waals surface area contributed by atoms with Crippen molar-refractivity contribution in [1.82, 2.24) is 16.0 Å². The van der Waals surface area contributed by atoms with Gasteiger partial charge in [-0.25, -0.2) is 0 Å². The molecule has 1 heterocycles. The van der Waals surface area contributed by atoms with E-state index in [2.05, 4.69) is 20.9 Å². The van der Waals surface area contributed by atoms with Gasteiger partial charge >= 0.3 is 5.97 Å². The first-order valence-electron chi connectivity index (χ1n) is 18.7. The van der Waals surface area contributed by atoms with E-state index in [0.717, 1.165) is 32.1 Å². The molecule has 1 saturated heterocycles. The van der Waals surface area contributed by atoms with E-state index in [0.29, 0.717) is 37.7 Å². The van der Waals surface area contributed by atoms with Crippen molar-refractivity contribution in [1.29, 1.82) is 0 Å². The minimum absolute atomic E-state index is 0.0248. The average Bonchev–Trinajstić information content (AvgIpc) is 3.43. The number of nitrogens with two attached hydrogens (primary N) is 2. The van der Waals surface area contributed by atoms with Crippen LogP contribution in [0.1, 0.15) is 108 Å². The number of aliphatic imine (C=N–C) groups is 1. The number of carboxylic acid groups (broad SMARTS) is 1. The second-order valence-corrected chi connectivity index (χ2v) is 14.0. The van der Waals surface area contributed by atoms with Crippen molar-refractivity contribution in [2.75, 3.05) is 6.54 Å². The summed E-state index contributed by atoms with van der Waals surface area (Å²) in [5.41, 5.74) is 11.6. The van der Waals surface area contributed by atoms with E-state index < -0.39 is 60.1 Å². The minimum Gasteiger partial charge on any atom is -0.481 e. The number of ketones is 4. The number of carboxylic acids is 1. The van der Waals surface area contributed by atoms with Crippen molar-refractivity contribution in [2.24, 2.45) is 28.3 Å². The number of aliphatic carboxylic acids is 1. The Morgan fingerprint density at radius 3 is 1.89 bits per heavy atom. The quantitative estimate of drug-likeness (QED) is 0.0581. The maximum atomic E-state index is 13.9. The Morgan fingerprint density at radius 1 is 0.660 bits per heavy atom. The number of hydrogen-bond acceptors (Lipinski definition) is 9. The van der Waals surface area contributed by atoms with Crippen LogP contribution in [0.3, 0.4) is 0 Å². The summed E-state index contributed by atoms with van der Waals surface area (Å²) in [6.07, 6.45) is 5.35. The number of carbonyl (C=O) groups excluding carboxylic acids is 7. The van der Waals surface area contributed by atoms with Gasteiger partial charge in [0.05, 0.1) is 18.4 Å². The lowest BCUT2D eigenvalue weighted by atomic mass is 9.87. The number of hydrogen-bond donors (Lipinski definition) is 6. The zero-order chi connectivity index (χ0) is 38.8.